The summed E-state index contributed by atoms with van der Waals surface area (Å²) in [6.07, 6.45) is 1.08. The van der Waals surface area contributed by atoms with Crippen molar-refractivity contribution in [3.63, 3.8) is 0 Å². The zero-order chi connectivity index (χ0) is 15.0. The molecule has 21 heavy (non-hydrogen) atoms. The summed E-state index contributed by atoms with van der Waals surface area (Å²) in [5.41, 5.74) is 2.12. The first-order chi connectivity index (χ1) is 10.1. The van der Waals surface area contributed by atoms with Crippen molar-refractivity contribution >= 4 is 49.9 Å². The van der Waals surface area contributed by atoms with E-state index in [1.54, 1.807) is 0 Å². The summed E-state index contributed by atoms with van der Waals surface area (Å²) >= 11 is 11.7. The molecule has 0 saturated carbocycles. The number of hydrogen-bond donors (Lipinski definition) is 0. The van der Waals surface area contributed by atoms with Gasteiger partial charge in [0.1, 0.15) is 5.82 Å². The minimum atomic E-state index is -0.109. The van der Waals surface area contributed by atoms with Crippen LogP contribution in [0.5, 0.6) is 0 Å². The zero-order valence-electron chi connectivity index (χ0n) is 11.9. The summed E-state index contributed by atoms with van der Waals surface area (Å²) in [4.78, 5) is 7.46. The number of hydrogen-bond acceptors (Lipinski definition) is 2. The van der Waals surface area contributed by atoms with E-state index in [2.05, 4.69) is 51.7 Å². The van der Waals surface area contributed by atoms with Gasteiger partial charge in [-0.25, -0.2) is 4.98 Å². The standard InChI is InChI=1S/C16H16BrClN2S/c1-3-12-5-6-13(21-12)9-20-15-7-4-11(17)8-14(15)19-16(20)10(2)18/h4-8,10H,3,9H2,1-2H3. The number of benzene rings is 1. The molecule has 2 nitrogen and oxygen atoms in total. The number of alkyl halides is 1. The molecule has 1 unspecified atom stereocenters. The van der Waals surface area contributed by atoms with E-state index in [0.29, 0.717) is 0 Å². The van der Waals surface area contributed by atoms with E-state index in [9.17, 15) is 0 Å². The minimum absolute atomic E-state index is 0.109. The molecule has 2 heterocycles. The largest absolute Gasteiger partial charge is 0.321 e. The molecule has 110 valence electrons. The van der Waals surface area contributed by atoms with Crippen LogP contribution in [0, 0.1) is 0 Å². The number of aryl methyl sites for hydroxylation is 1. The predicted molar refractivity (Wildman–Crippen MR) is 94.5 cm³/mol. The van der Waals surface area contributed by atoms with Gasteiger partial charge in [0.25, 0.3) is 0 Å². The Labute approximate surface area is 141 Å². The average Bonchev–Trinajstić information content (AvgIpc) is 3.04. The molecule has 0 aliphatic carbocycles. The number of fused-ring (bicyclic) bond motifs is 1. The van der Waals surface area contributed by atoms with E-state index >= 15 is 0 Å². The fourth-order valence-corrected chi connectivity index (χ4v) is 3.91. The molecule has 0 aliphatic heterocycles. The Morgan fingerprint density at radius 3 is 2.71 bits per heavy atom. The van der Waals surface area contributed by atoms with Gasteiger partial charge >= 0.3 is 0 Å². The predicted octanol–water partition coefficient (Wildman–Crippen LogP) is 5.77. The maximum atomic E-state index is 6.33. The summed E-state index contributed by atoms with van der Waals surface area (Å²) in [5.74, 6) is 0.927. The molecule has 3 rings (SSSR count). The number of halogens is 2. The zero-order valence-corrected chi connectivity index (χ0v) is 15.1. The van der Waals surface area contributed by atoms with Crippen molar-refractivity contribution in [3.8, 4) is 0 Å². The first-order valence-corrected chi connectivity index (χ1v) is 9.00. The average molecular weight is 384 g/mol. The van der Waals surface area contributed by atoms with E-state index < -0.39 is 0 Å². The maximum absolute atomic E-state index is 6.33. The summed E-state index contributed by atoms with van der Waals surface area (Å²) in [6, 6.07) is 10.6. The summed E-state index contributed by atoms with van der Waals surface area (Å²) in [7, 11) is 0. The number of nitrogens with zero attached hydrogens (tertiary/aromatic N) is 2. The van der Waals surface area contributed by atoms with Crippen molar-refractivity contribution in [3.05, 3.63) is 50.4 Å². The molecular weight excluding hydrogens is 368 g/mol. The Kier molecular flexibility index (Phi) is 4.38. The Bertz CT molecular complexity index is 776. The number of aromatic nitrogens is 2. The van der Waals surface area contributed by atoms with E-state index in [0.717, 1.165) is 34.3 Å². The Hall–Kier alpha value is -0.840. The van der Waals surface area contributed by atoms with Crippen molar-refractivity contribution < 1.29 is 0 Å². The summed E-state index contributed by atoms with van der Waals surface area (Å²) in [5, 5.41) is -0.109. The van der Waals surface area contributed by atoms with Crippen molar-refractivity contribution in [1.29, 1.82) is 0 Å². The highest BCUT2D eigenvalue weighted by Crippen LogP contribution is 2.28. The van der Waals surface area contributed by atoms with Gasteiger partial charge in [0.2, 0.25) is 0 Å². The monoisotopic (exact) mass is 382 g/mol. The fourth-order valence-electron chi connectivity index (χ4n) is 2.44. The highest BCUT2D eigenvalue weighted by molar-refractivity contribution is 9.10. The van der Waals surface area contributed by atoms with Crippen LogP contribution in [0.15, 0.2) is 34.8 Å². The first-order valence-electron chi connectivity index (χ1n) is 6.96. The molecule has 1 atom stereocenters. The molecular formula is C16H16BrClN2S. The van der Waals surface area contributed by atoms with Gasteiger partial charge in [-0.3, -0.25) is 0 Å². The lowest BCUT2D eigenvalue weighted by Gasteiger charge is -2.09. The Balaban J connectivity index is 2.08. The minimum Gasteiger partial charge on any atom is -0.321 e. The van der Waals surface area contributed by atoms with Crippen LogP contribution >= 0.6 is 38.9 Å². The molecule has 0 N–H and O–H groups in total. The van der Waals surface area contributed by atoms with Crippen LogP contribution in [-0.2, 0) is 13.0 Å². The second-order valence-corrected chi connectivity index (χ2v) is 7.85. The summed E-state index contributed by atoms with van der Waals surface area (Å²) < 4.78 is 3.27. The molecule has 1 aromatic carbocycles. The molecule has 0 amide bonds. The second kappa shape index (κ2) is 6.11. The van der Waals surface area contributed by atoms with Gasteiger partial charge in [0, 0.05) is 14.2 Å². The van der Waals surface area contributed by atoms with Gasteiger partial charge in [0.15, 0.2) is 0 Å². The van der Waals surface area contributed by atoms with Crippen LogP contribution in [0.2, 0.25) is 0 Å². The van der Waals surface area contributed by atoms with Crippen LogP contribution in [-0.4, -0.2) is 9.55 Å². The van der Waals surface area contributed by atoms with Crippen LogP contribution < -0.4 is 0 Å². The molecule has 0 aliphatic rings. The fraction of sp³-hybridized carbons (Fsp3) is 0.312. The quantitative estimate of drug-likeness (QED) is 0.523. The molecule has 0 spiro atoms. The van der Waals surface area contributed by atoms with E-state index in [1.165, 1.54) is 9.75 Å². The normalized spacial score (nSPS) is 13.0. The topological polar surface area (TPSA) is 17.8 Å². The maximum Gasteiger partial charge on any atom is 0.128 e. The molecule has 2 aromatic heterocycles. The Morgan fingerprint density at radius 1 is 1.29 bits per heavy atom. The van der Waals surface area contributed by atoms with Crippen LogP contribution in [0.4, 0.5) is 0 Å². The van der Waals surface area contributed by atoms with Gasteiger partial charge in [-0.05, 0) is 43.7 Å². The van der Waals surface area contributed by atoms with E-state index in [-0.39, 0.29) is 5.38 Å². The third-order valence-electron chi connectivity index (χ3n) is 3.48. The molecule has 0 fully saturated rings. The Morgan fingerprint density at radius 2 is 2.05 bits per heavy atom. The molecule has 0 radical (unpaired) electrons. The van der Waals surface area contributed by atoms with Gasteiger partial charge in [-0.15, -0.1) is 22.9 Å². The lowest BCUT2D eigenvalue weighted by atomic mass is 10.3. The van der Waals surface area contributed by atoms with Crippen LogP contribution in [0.25, 0.3) is 11.0 Å². The molecule has 5 heteroatoms. The van der Waals surface area contributed by atoms with Gasteiger partial charge in [-0.2, -0.15) is 0 Å². The molecule has 3 aromatic rings. The van der Waals surface area contributed by atoms with Crippen LogP contribution in [0.3, 0.4) is 0 Å². The van der Waals surface area contributed by atoms with Crippen LogP contribution in [0.1, 0.15) is 34.8 Å². The lowest BCUT2D eigenvalue weighted by molar-refractivity contribution is 0.750. The second-order valence-electron chi connectivity index (χ2n) is 5.03. The van der Waals surface area contributed by atoms with Crippen molar-refractivity contribution in [2.75, 3.05) is 0 Å². The number of imidazole rings is 1. The first kappa shape index (κ1) is 15.1. The summed E-state index contributed by atoms with van der Waals surface area (Å²) in [6.45, 7) is 4.99. The lowest BCUT2D eigenvalue weighted by Crippen LogP contribution is -2.04. The highest BCUT2D eigenvalue weighted by Gasteiger charge is 2.16. The number of thiophene rings is 1. The SMILES string of the molecule is CCc1ccc(Cn2c(C(C)Cl)nc3cc(Br)ccc32)s1. The third-order valence-corrected chi connectivity index (χ3v) is 5.38. The van der Waals surface area contributed by atoms with Gasteiger partial charge < -0.3 is 4.57 Å². The number of rotatable bonds is 4. The van der Waals surface area contributed by atoms with Crippen molar-refractivity contribution in [2.45, 2.75) is 32.2 Å². The smallest absolute Gasteiger partial charge is 0.128 e. The van der Waals surface area contributed by atoms with Crippen molar-refractivity contribution in [2.24, 2.45) is 0 Å². The molecule has 0 saturated heterocycles. The van der Waals surface area contributed by atoms with Gasteiger partial charge in [0.05, 0.1) is 23.0 Å². The van der Waals surface area contributed by atoms with E-state index in [1.807, 2.05) is 24.3 Å². The van der Waals surface area contributed by atoms with Crippen molar-refractivity contribution in [1.82, 2.24) is 9.55 Å². The van der Waals surface area contributed by atoms with E-state index in [4.69, 9.17) is 16.6 Å². The van der Waals surface area contributed by atoms with Gasteiger partial charge in [-0.1, -0.05) is 22.9 Å². The highest BCUT2D eigenvalue weighted by atomic mass is 79.9. The molecule has 0 bridgehead atoms. The third kappa shape index (κ3) is 3.03.